The van der Waals surface area contributed by atoms with Crippen molar-refractivity contribution >= 4 is 23.0 Å². The normalized spacial score (nSPS) is 10.2. The molecule has 2 rings (SSSR count). The monoisotopic (exact) mass is 347 g/mol. The van der Waals surface area contributed by atoms with E-state index in [-0.39, 0.29) is 5.75 Å². The second-order valence-corrected chi connectivity index (χ2v) is 5.15. The minimum Gasteiger partial charge on any atom is -0.477 e. The Morgan fingerprint density at radius 1 is 1.08 bits per heavy atom. The van der Waals surface area contributed by atoms with E-state index in [2.05, 4.69) is 0 Å². The highest BCUT2D eigenvalue weighted by molar-refractivity contribution is 5.94. The third-order valence-electron chi connectivity index (χ3n) is 3.26. The number of rotatable bonds is 6. The van der Waals surface area contributed by atoms with Gasteiger partial charge < -0.3 is 14.7 Å². The Morgan fingerprint density at radius 2 is 1.72 bits per heavy atom. The third-order valence-corrected chi connectivity index (χ3v) is 3.26. The molecule has 0 aliphatic rings. The lowest BCUT2D eigenvalue weighted by atomic mass is 10.1. The average Bonchev–Trinajstić information content (AvgIpc) is 2.54. The SMILES string of the molecule is CN(C)c1cccc(Oc2cc(C(=O)O)c([N+](=O)[O-])cc2[N+](=O)[O-])c1. The maximum absolute atomic E-state index is 11.2. The molecule has 0 atom stereocenters. The average molecular weight is 347 g/mol. The molecule has 0 aromatic heterocycles. The molecule has 0 fully saturated rings. The second-order valence-electron chi connectivity index (χ2n) is 5.15. The van der Waals surface area contributed by atoms with Crippen LogP contribution in [0.3, 0.4) is 0 Å². The minimum absolute atomic E-state index is 0.222. The van der Waals surface area contributed by atoms with E-state index in [1.807, 2.05) is 0 Å². The molecule has 0 amide bonds. The van der Waals surface area contributed by atoms with Crippen LogP contribution in [0.25, 0.3) is 0 Å². The van der Waals surface area contributed by atoms with Gasteiger partial charge >= 0.3 is 11.7 Å². The first-order valence-corrected chi connectivity index (χ1v) is 6.86. The van der Waals surface area contributed by atoms with Crippen molar-refractivity contribution in [2.24, 2.45) is 0 Å². The summed E-state index contributed by atoms with van der Waals surface area (Å²) in [7, 11) is 3.58. The van der Waals surface area contributed by atoms with Gasteiger partial charge in [-0.3, -0.25) is 20.2 Å². The van der Waals surface area contributed by atoms with E-state index in [4.69, 9.17) is 9.84 Å². The van der Waals surface area contributed by atoms with Crippen LogP contribution in [-0.4, -0.2) is 35.0 Å². The van der Waals surface area contributed by atoms with Crippen molar-refractivity contribution in [3.63, 3.8) is 0 Å². The molecule has 0 bridgehead atoms. The first-order chi connectivity index (χ1) is 11.7. The summed E-state index contributed by atoms with van der Waals surface area (Å²) in [5.74, 6) is -1.77. The number of hydrogen-bond acceptors (Lipinski definition) is 7. The smallest absolute Gasteiger partial charge is 0.342 e. The molecule has 0 saturated heterocycles. The van der Waals surface area contributed by atoms with Crippen LogP contribution < -0.4 is 9.64 Å². The standard InChI is InChI=1S/C15H13N3O7/c1-16(2)9-4-3-5-10(6-9)25-14-7-11(15(19)20)12(17(21)22)8-13(14)18(23)24/h3-8H,1-2H3,(H,19,20). The Morgan fingerprint density at radius 3 is 2.24 bits per heavy atom. The summed E-state index contributed by atoms with van der Waals surface area (Å²) < 4.78 is 5.43. The first-order valence-electron chi connectivity index (χ1n) is 6.86. The van der Waals surface area contributed by atoms with Crippen molar-refractivity contribution < 1.29 is 24.5 Å². The summed E-state index contributed by atoms with van der Waals surface area (Å²) in [6, 6.07) is 7.90. The highest BCUT2D eigenvalue weighted by Crippen LogP contribution is 2.37. The number of aromatic carboxylic acids is 1. The van der Waals surface area contributed by atoms with Gasteiger partial charge in [0, 0.05) is 31.9 Å². The molecule has 2 aromatic carbocycles. The van der Waals surface area contributed by atoms with Crippen molar-refractivity contribution in [2.45, 2.75) is 0 Å². The van der Waals surface area contributed by atoms with E-state index >= 15 is 0 Å². The van der Waals surface area contributed by atoms with Crippen LogP contribution in [0.2, 0.25) is 0 Å². The Bertz CT molecular complexity index is 864. The summed E-state index contributed by atoms with van der Waals surface area (Å²) in [6.07, 6.45) is 0. The van der Waals surface area contributed by atoms with Crippen LogP contribution in [-0.2, 0) is 0 Å². The summed E-state index contributed by atoms with van der Waals surface area (Å²) in [4.78, 5) is 33.3. The van der Waals surface area contributed by atoms with Crippen molar-refractivity contribution in [1.82, 2.24) is 0 Å². The highest BCUT2D eigenvalue weighted by Gasteiger charge is 2.29. The molecular formula is C15H13N3O7. The molecule has 0 heterocycles. The van der Waals surface area contributed by atoms with E-state index in [0.29, 0.717) is 6.07 Å². The fraction of sp³-hybridized carbons (Fsp3) is 0.133. The van der Waals surface area contributed by atoms with Crippen LogP contribution in [0, 0.1) is 20.2 Å². The first kappa shape index (κ1) is 17.7. The zero-order valence-corrected chi connectivity index (χ0v) is 13.2. The fourth-order valence-corrected chi connectivity index (χ4v) is 2.06. The van der Waals surface area contributed by atoms with E-state index in [9.17, 15) is 25.0 Å². The van der Waals surface area contributed by atoms with Gasteiger partial charge in [0.05, 0.1) is 15.9 Å². The molecule has 0 aliphatic carbocycles. The molecule has 1 N–H and O–H groups in total. The summed E-state index contributed by atoms with van der Waals surface area (Å²) in [5.41, 5.74) is -1.53. The topological polar surface area (TPSA) is 136 Å². The van der Waals surface area contributed by atoms with E-state index in [1.54, 1.807) is 37.2 Å². The van der Waals surface area contributed by atoms with Crippen LogP contribution in [0.15, 0.2) is 36.4 Å². The largest absolute Gasteiger partial charge is 0.477 e. The number of carbonyl (C=O) groups is 1. The second kappa shape index (κ2) is 6.83. The van der Waals surface area contributed by atoms with Crippen LogP contribution in [0.1, 0.15) is 10.4 Å². The molecule has 130 valence electrons. The van der Waals surface area contributed by atoms with Gasteiger partial charge in [-0.25, -0.2) is 4.79 Å². The van der Waals surface area contributed by atoms with Crippen molar-refractivity contribution in [3.05, 3.63) is 62.2 Å². The summed E-state index contributed by atoms with van der Waals surface area (Å²) in [6.45, 7) is 0. The molecule has 10 heteroatoms. The van der Waals surface area contributed by atoms with Gasteiger partial charge in [0.15, 0.2) is 0 Å². The number of nitro groups is 2. The van der Waals surface area contributed by atoms with Gasteiger partial charge in [-0.15, -0.1) is 0 Å². The van der Waals surface area contributed by atoms with Crippen molar-refractivity contribution in [1.29, 1.82) is 0 Å². The van der Waals surface area contributed by atoms with Crippen LogP contribution in [0.5, 0.6) is 11.5 Å². The van der Waals surface area contributed by atoms with Gasteiger partial charge in [-0.05, 0) is 12.1 Å². The number of ether oxygens (including phenoxy) is 1. The lowest BCUT2D eigenvalue weighted by Gasteiger charge is -2.14. The zero-order valence-electron chi connectivity index (χ0n) is 13.2. The molecule has 0 aliphatic heterocycles. The van der Waals surface area contributed by atoms with Gasteiger partial charge in [-0.2, -0.15) is 0 Å². The fourth-order valence-electron chi connectivity index (χ4n) is 2.06. The molecule has 25 heavy (non-hydrogen) atoms. The third kappa shape index (κ3) is 3.80. The van der Waals surface area contributed by atoms with Gasteiger partial charge in [0.2, 0.25) is 5.75 Å². The molecule has 2 aromatic rings. The van der Waals surface area contributed by atoms with Crippen molar-refractivity contribution in [3.8, 4) is 11.5 Å². The maximum Gasteiger partial charge on any atom is 0.342 e. The molecule has 10 nitrogen and oxygen atoms in total. The van der Waals surface area contributed by atoms with Gasteiger partial charge in [0.1, 0.15) is 11.3 Å². The number of benzene rings is 2. The van der Waals surface area contributed by atoms with E-state index in [1.165, 1.54) is 6.07 Å². The quantitative estimate of drug-likeness (QED) is 0.622. The number of nitrogens with zero attached hydrogens (tertiary/aromatic N) is 3. The van der Waals surface area contributed by atoms with E-state index < -0.39 is 38.5 Å². The molecule has 0 saturated carbocycles. The Hall–Kier alpha value is -3.69. The van der Waals surface area contributed by atoms with Crippen molar-refractivity contribution in [2.75, 3.05) is 19.0 Å². The number of carboxylic acids is 1. The van der Waals surface area contributed by atoms with Crippen LogP contribution in [0.4, 0.5) is 17.1 Å². The number of anilines is 1. The van der Waals surface area contributed by atoms with E-state index in [0.717, 1.165) is 11.8 Å². The Kier molecular flexibility index (Phi) is 4.82. The van der Waals surface area contributed by atoms with Crippen LogP contribution >= 0.6 is 0 Å². The summed E-state index contributed by atoms with van der Waals surface area (Å²) >= 11 is 0. The number of nitro benzene ring substituents is 2. The predicted octanol–water partition coefficient (Wildman–Crippen LogP) is 3.06. The Balaban J connectivity index is 2.58. The molecule has 0 radical (unpaired) electrons. The minimum atomic E-state index is -1.59. The number of hydrogen-bond donors (Lipinski definition) is 1. The predicted molar refractivity (Wildman–Crippen MR) is 87.6 cm³/mol. The lowest BCUT2D eigenvalue weighted by molar-refractivity contribution is -0.394. The summed E-state index contributed by atoms with van der Waals surface area (Å²) in [5, 5.41) is 31.3. The number of carboxylic acid groups (broad SMARTS) is 1. The van der Waals surface area contributed by atoms with Gasteiger partial charge in [0.25, 0.3) is 5.69 Å². The maximum atomic E-state index is 11.2. The Labute approximate surface area is 141 Å². The molecule has 0 spiro atoms. The highest BCUT2D eigenvalue weighted by atomic mass is 16.6. The molecular weight excluding hydrogens is 334 g/mol. The lowest BCUT2D eigenvalue weighted by Crippen LogP contribution is -2.08. The zero-order chi connectivity index (χ0) is 18.7. The van der Waals surface area contributed by atoms with Gasteiger partial charge in [-0.1, -0.05) is 6.07 Å². The molecule has 0 unspecified atom stereocenters.